The van der Waals surface area contributed by atoms with Gasteiger partial charge in [-0.05, 0) is 66.4 Å². The molecule has 180 valence electrons. The van der Waals surface area contributed by atoms with E-state index in [1.54, 1.807) is 18.2 Å². The molecule has 3 aromatic rings. The summed E-state index contributed by atoms with van der Waals surface area (Å²) >= 11 is 1.11. The van der Waals surface area contributed by atoms with Crippen molar-refractivity contribution in [1.29, 1.82) is 0 Å². The molecule has 1 amide bonds. The van der Waals surface area contributed by atoms with Gasteiger partial charge in [0.1, 0.15) is 0 Å². The van der Waals surface area contributed by atoms with Gasteiger partial charge in [0, 0.05) is 11.0 Å². The van der Waals surface area contributed by atoms with Crippen LogP contribution in [0.15, 0.2) is 69.3 Å². The number of hydrogen-bond acceptors (Lipinski definition) is 7. The fourth-order valence-electron chi connectivity index (χ4n) is 3.77. The zero-order valence-corrected chi connectivity index (χ0v) is 20.8. The quantitative estimate of drug-likeness (QED) is 0.272. The largest absolute Gasteiger partial charge is 0.490 e. The van der Waals surface area contributed by atoms with Crippen LogP contribution in [0.5, 0.6) is 5.75 Å². The first kappa shape index (κ1) is 24.5. The molecule has 0 bridgehead atoms. The minimum atomic E-state index is -3.64. The van der Waals surface area contributed by atoms with Crippen molar-refractivity contribution < 1.29 is 22.9 Å². The van der Waals surface area contributed by atoms with E-state index in [4.69, 9.17) is 4.74 Å². The Morgan fingerprint density at radius 3 is 2.46 bits per heavy atom. The van der Waals surface area contributed by atoms with Crippen LogP contribution in [0.3, 0.4) is 0 Å². The maximum Gasteiger partial charge on any atom is 0.311 e. The molecule has 35 heavy (non-hydrogen) atoms. The first-order valence-electron chi connectivity index (χ1n) is 10.5. The van der Waals surface area contributed by atoms with Crippen molar-refractivity contribution in [3.63, 3.8) is 0 Å². The highest BCUT2D eigenvalue weighted by molar-refractivity contribution is 8.04. The standard InChI is InChI=1S/C25H22N2O6S2/c1-15-5-4-6-16(2)19(15)14-35(31,32)18-8-9-20-23(13-18)34-24(25(28)26-20)12-17-7-10-22(33-3)21(11-17)27(29)30/h4-13H,14H2,1-3H3,(H,26,28)/b24-12+. The van der Waals surface area contributed by atoms with Crippen LogP contribution < -0.4 is 10.1 Å². The third-order valence-electron chi connectivity index (χ3n) is 5.68. The van der Waals surface area contributed by atoms with Crippen LogP contribution in [0.4, 0.5) is 11.4 Å². The molecule has 0 fully saturated rings. The number of methoxy groups -OCH3 is 1. The van der Waals surface area contributed by atoms with Gasteiger partial charge in [-0.1, -0.05) is 36.0 Å². The Morgan fingerprint density at radius 2 is 1.80 bits per heavy atom. The number of hydrogen-bond donors (Lipinski definition) is 1. The molecule has 0 unspecified atom stereocenters. The SMILES string of the molecule is COc1ccc(/C=C2/Sc3cc(S(=O)(=O)Cc4c(C)cccc4C)ccc3NC2=O)cc1[N+](=O)[O-]. The minimum Gasteiger partial charge on any atom is -0.490 e. The van der Waals surface area contributed by atoms with Gasteiger partial charge in [0.05, 0.1) is 33.3 Å². The number of benzene rings is 3. The number of rotatable bonds is 6. The topological polar surface area (TPSA) is 116 Å². The lowest BCUT2D eigenvalue weighted by atomic mass is 10.1. The summed E-state index contributed by atoms with van der Waals surface area (Å²) in [4.78, 5) is 24.4. The van der Waals surface area contributed by atoms with Gasteiger partial charge in [-0.15, -0.1) is 0 Å². The Kier molecular flexibility index (Phi) is 6.68. The zero-order chi connectivity index (χ0) is 25.3. The Balaban J connectivity index is 1.66. The predicted molar refractivity (Wildman–Crippen MR) is 135 cm³/mol. The zero-order valence-electron chi connectivity index (χ0n) is 19.2. The van der Waals surface area contributed by atoms with E-state index in [0.717, 1.165) is 28.5 Å². The molecular formula is C25H22N2O6S2. The average molecular weight is 511 g/mol. The molecule has 1 aliphatic rings. The Bertz CT molecular complexity index is 1480. The van der Waals surface area contributed by atoms with Gasteiger partial charge in [0.15, 0.2) is 15.6 Å². The van der Waals surface area contributed by atoms with E-state index in [1.165, 1.54) is 31.4 Å². The second-order valence-corrected chi connectivity index (χ2v) is 11.1. The number of sulfone groups is 1. The summed E-state index contributed by atoms with van der Waals surface area (Å²) in [5.74, 6) is -0.395. The lowest BCUT2D eigenvalue weighted by Gasteiger charge is -2.20. The third kappa shape index (κ3) is 5.08. The summed E-state index contributed by atoms with van der Waals surface area (Å²) in [7, 11) is -2.30. The molecule has 0 saturated carbocycles. The third-order valence-corrected chi connectivity index (χ3v) is 8.40. The molecule has 0 aliphatic carbocycles. The number of nitrogens with zero attached hydrogens (tertiary/aromatic N) is 1. The second kappa shape index (κ2) is 9.55. The summed E-state index contributed by atoms with van der Waals surface area (Å²) in [5.41, 5.74) is 3.32. The number of aryl methyl sites for hydroxylation is 2. The molecule has 1 aliphatic heterocycles. The Morgan fingerprint density at radius 1 is 1.09 bits per heavy atom. The first-order valence-corrected chi connectivity index (χ1v) is 13.0. The molecule has 10 heteroatoms. The van der Waals surface area contributed by atoms with E-state index in [0.29, 0.717) is 16.1 Å². The predicted octanol–water partition coefficient (Wildman–Crippen LogP) is 5.28. The summed E-state index contributed by atoms with van der Waals surface area (Å²) in [6.45, 7) is 3.77. The Labute approximate surface area is 207 Å². The van der Waals surface area contributed by atoms with Crippen molar-refractivity contribution in [2.45, 2.75) is 29.4 Å². The summed E-state index contributed by atoms with van der Waals surface area (Å²) < 4.78 is 31.4. The van der Waals surface area contributed by atoms with Gasteiger partial charge in [-0.3, -0.25) is 14.9 Å². The molecule has 0 aromatic heterocycles. The molecule has 0 atom stereocenters. The lowest BCUT2D eigenvalue weighted by Crippen LogP contribution is -2.18. The van der Waals surface area contributed by atoms with Gasteiger partial charge in [-0.25, -0.2) is 8.42 Å². The van der Waals surface area contributed by atoms with Crippen molar-refractivity contribution in [2.24, 2.45) is 0 Å². The molecule has 4 rings (SSSR count). The second-order valence-electron chi connectivity index (χ2n) is 8.04. The number of ether oxygens (including phenoxy) is 1. The lowest BCUT2D eigenvalue weighted by molar-refractivity contribution is -0.385. The van der Waals surface area contributed by atoms with E-state index in [-0.39, 0.29) is 32.9 Å². The fourth-order valence-corrected chi connectivity index (χ4v) is 6.41. The highest BCUT2D eigenvalue weighted by Crippen LogP contribution is 2.41. The number of thioether (sulfide) groups is 1. The number of carbonyl (C=O) groups is 1. The molecule has 1 N–H and O–H groups in total. The molecule has 0 spiro atoms. The number of nitro benzene ring substituents is 1. The summed E-state index contributed by atoms with van der Waals surface area (Å²) in [6, 6.07) is 14.7. The monoisotopic (exact) mass is 510 g/mol. The minimum absolute atomic E-state index is 0.113. The van der Waals surface area contributed by atoms with Gasteiger partial charge in [-0.2, -0.15) is 0 Å². The van der Waals surface area contributed by atoms with Crippen LogP contribution in [0.2, 0.25) is 0 Å². The molecule has 8 nitrogen and oxygen atoms in total. The normalized spacial score (nSPS) is 14.4. The van der Waals surface area contributed by atoms with Crippen LogP contribution in [0.1, 0.15) is 22.3 Å². The first-order chi connectivity index (χ1) is 16.6. The summed E-state index contributed by atoms with van der Waals surface area (Å²) in [5, 5.41) is 14.1. The number of carbonyl (C=O) groups excluding carboxylic acids is 1. The van der Waals surface area contributed by atoms with Crippen LogP contribution in [-0.4, -0.2) is 26.4 Å². The smallest absolute Gasteiger partial charge is 0.311 e. The Hall–Kier alpha value is -3.63. The highest BCUT2D eigenvalue weighted by Gasteiger charge is 2.25. The van der Waals surface area contributed by atoms with Crippen molar-refractivity contribution >= 4 is 45.0 Å². The molecule has 1 heterocycles. The van der Waals surface area contributed by atoms with E-state index in [2.05, 4.69) is 5.32 Å². The van der Waals surface area contributed by atoms with Crippen molar-refractivity contribution in [2.75, 3.05) is 12.4 Å². The highest BCUT2D eigenvalue weighted by atomic mass is 32.2. The maximum absolute atomic E-state index is 13.2. The van der Waals surface area contributed by atoms with Crippen LogP contribution >= 0.6 is 11.8 Å². The van der Waals surface area contributed by atoms with E-state index in [9.17, 15) is 23.3 Å². The van der Waals surface area contributed by atoms with E-state index < -0.39 is 14.8 Å². The molecule has 0 saturated heterocycles. The maximum atomic E-state index is 13.2. The molecule has 0 radical (unpaired) electrons. The van der Waals surface area contributed by atoms with Crippen molar-refractivity contribution in [1.82, 2.24) is 0 Å². The average Bonchev–Trinajstić information content (AvgIpc) is 2.81. The van der Waals surface area contributed by atoms with E-state index in [1.807, 2.05) is 32.0 Å². The number of nitro groups is 1. The van der Waals surface area contributed by atoms with Crippen LogP contribution in [-0.2, 0) is 20.4 Å². The number of nitrogens with one attached hydrogen (secondary N) is 1. The number of anilines is 1. The number of fused-ring (bicyclic) bond motifs is 1. The fraction of sp³-hybridized carbons (Fsp3) is 0.160. The van der Waals surface area contributed by atoms with Crippen LogP contribution in [0.25, 0.3) is 6.08 Å². The van der Waals surface area contributed by atoms with Crippen molar-refractivity contribution in [3.8, 4) is 5.75 Å². The molecule has 3 aromatic carbocycles. The number of amides is 1. The van der Waals surface area contributed by atoms with Crippen LogP contribution in [0, 0.1) is 24.0 Å². The van der Waals surface area contributed by atoms with E-state index >= 15 is 0 Å². The van der Waals surface area contributed by atoms with Gasteiger partial charge in [0.25, 0.3) is 5.91 Å². The van der Waals surface area contributed by atoms with Gasteiger partial charge in [0.2, 0.25) is 0 Å². The van der Waals surface area contributed by atoms with Gasteiger partial charge < -0.3 is 10.1 Å². The van der Waals surface area contributed by atoms with Gasteiger partial charge >= 0.3 is 5.69 Å². The molecular weight excluding hydrogens is 488 g/mol. The van der Waals surface area contributed by atoms with Crippen molar-refractivity contribution in [3.05, 3.63) is 91.9 Å². The summed E-state index contributed by atoms with van der Waals surface area (Å²) in [6.07, 6.45) is 1.52.